The van der Waals surface area contributed by atoms with E-state index in [1.165, 1.54) is 31.0 Å². The van der Waals surface area contributed by atoms with Crippen LogP contribution in [0.4, 0.5) is 10.1 Å². The highest BCUT2D eigenvalue weighted by atomic mass is 127. The number of anilines is 1. The molecule has 126 valence electrons. The molecule has 0 amide bonds. The van der Waals surface area contributed by atoms with Gasteiger partial charge in [-0.15, -0.1) is 11.8 Å². The number of benzene rings is 1. The molecule has 1 heterocycles. The first-order valence-corrected chi connectivity index (χ1v) is 10.9. The number of hydrogen-bond donors (Lipinski definition) is 1. The van der Waals surface area contributed by atoms with Crippen LogP contribution >= 0.6 is 50.3 Å². The maximum absolute atomic E-state index is 14.8. The predicted molar refractivity (Wildman–Crippen MR) is 108 cm³/mol. The first-order chi connectivity index (χ1) is 11.5. The Hall–Kier alpha value is -0.410. The number of pyridine rings is 1. The van der Waals surface area contributed by atoms with E-state index in [9.17, 15) is 9.18 Å². The average molecular weight is 521 g/mol. The van der Waals surface area contributed by atoms with Crippen LogP contribution in [0.3, 0.4) is 0 Å². The summed E-state index contributed by atoms with van der Waals surface area (Å²) in [5, 5.41) is 4.84. The molecule has 3 aliphatic carbocycles. The van der Waals surface area contributed by atoms with Crippen molar-refractivity contribution in [1.82, 2.24) is 4.98 Å². The third-order valence-electron chi connectivity index (χ3n) is 5.27. The summed E-state index contributed by atoms with van der Waals surface area (Å²) in [6.45, 7) is 0. The molecule has 3 saturated carbocycles. The van der Waals surface area contributed by atoms with E-state index < -0.39 is 0 Å². The second-order valence-electron chi connectivity index (χ2n) is 6.41. The van der Waals surface area contributed by atoms with E-state index in [4.69, 9.17) is 0 Å². The fourth-order valence-electron chi connectivity index (χ4n) is 4.02. The Morgan fingerprint density at radius 3 is 2.75 bits per heavy atom. The molecule has 0 radical (unpaired) electrons. The molecule has 3 nitrogen and oxygen atoms in total. The zero-order valence-corrected chi connectivity index (χ0v) is 17.5. The quantitative estimate of drug-likeness (QED) is 0.251. The van der Waals surface area contributed by atoms with Crippen molar-refractivity contribution in [2.24, 2.45) is 11.8 Å². The highest BCUT2D eigenvalue weighted by Gasteiger charge is 2.47. The lowest BCUT2D eigenvalue weighted by atomic mass is 9.78. The molecule has 3 aliphatic rings. The molecule has 0 saturated heterocycles. The summed E-state index contributed by atoms with van der Waals surface area (Å²) in [6, 6.07) is 2.30. The molecule has 2 aromatic rings. The first kappa shape index (κ1) is 17.0. The van der Waals surface area contributed by atoms with Gasteiger partial charge < -0.3 is 5.32 Å². The van der Waals surface area contributed by atoms with E-state index >= 15 is 0 Å². The standard InChI is InChI=1S/C17H15BrFIN2OS/c1-24-17-10(6-23)15(21-14-7-2-3-8(14)4-7)9-5-11(20)12(18)13(19)16(9)22-17/h5-8,14H,2-4H2,1H3,(H,21,22)/t7-,8+,14?. The van der Waals surface area contributed by atoms with Crippen LogP contribution in [0.1, 0.15) is 29.6 Å². The van der Waals surface area contributed by atoms with Gasteiger partial charge in [-0.05, 0) is 81.9 Å². The molecule has 1 aromatic carbocycles. The van der Waals surface area contributed by atoms with Crippen LogP contribution in [0.2, 0.25) is 0 Å². The lowest BCUT2D eigenvalue weighted by Gasteiger charge is -2.37. The van der Waals surface area contributed by atoms with E-state index in [2.05, 4.69) is 48.8 Å². The summed E-state index contributed by atoms with van der Waals surface area (Å²) in [7, 11) is 0. The lowest BCUT2D eigenvalue weighted by Crippen LogP contribution is -2.40. The molecule has 1 unspecified atom stereocenters. The molecule has 1 aromatic heterocycles. The van der Waals surface area contributed by atoms with Crippen molar-refractivity contribution >= 4 is 73.2 Å². The van der Waals surface area contributed by atoms with Gasteiger partial charge in [0, 0.05) is 15.0 Å². The summed E-state index contributed by atoms with van der Waals surface area (Å²) < 4.78 is 15.9. The van der Waals surface area contributed by atoms with Gasteiger partial charge in [-0.25, -0.2) is 9.37 Å². The molecule has 3 fully saturated rings. The summed E-state index contributed by atoms with van der Waals surface area (Å²) in [5.74, 6) is 0.980. The molecule has 0 aliphatic heterocycles. The van der Waals surface area contributed by atoms with Gasteiger partial charge in [-0.2, -0.15) is 0 Å². The summed E-state index contributed by atoms with van der Waals surface area (Å²) in [4.78, 5) is 16.2. The minimum Gasteiger partial charge on any atom is -0.381 e. The number of rotatable bonds is 4. The fraction of sp³-hybridized carbons (Fsp3) is 0.412. The smallest absolute Gasteiger partial charge is 0.164 e. The summed E-state index contributed by atoms with van der Waals surface area (Å²) in [5.41, 5.74) is 1.59. The molecule has 0 spiro atoms. The minimum atomic E-state index is -0.371. The largest absolute Gasteiger partial charge is 0.381 e. The second-order valence-corrected chi connectivity index (χ2v) is 9.16. The Morgan fingerprint density at radius 2 is 2.17 bits per heavy atom. The van der Waals surface area contributed by atoms with Gasteiger partial charge in [0.1, 0.15) is 10.5 Å². The predicted octanol–water partition coefficient (Wildman–Crippen LogP) is 5.49. The molecular formula is C17H15BrFIN2OS. The number of aromatic nitrogens is 1. The maximum atomic E-state index is 14.8. The average Bonchev–Trinajstić information content (AvgIpc) is 3.21. The summed E-state index contributed by atoms with van der Waals surface area (Å²) >= 11 is 6.76. The Balaban J connectivity index is 1.95. The second kappa shape index (κ2) is 6.39. The van der Waals surface area contributed by atoms with Crippen molar-refractivity contribution in [3.63, 3.8) is 0 Å². The number of thioether (sulfide) groups is 1. The SMILES string of the molecule is CSc1nc2c(F)c(Br)c(I)cc2c(NC2[C@@H]3CC[C@H]2C3)c1C=O. The number of fused-ring (bicyclic) bond motifs is 2. The minimum absolute atomic E-state index is 0.311. The van der Waals surface area contributed by atoms with Gasteiger partial charge >= 0.3 is 0 Å². The fourth-order valence-corrected chi connectivity index (χ4v) is 5.42. The zero-order valence-electron chi connectivity index (χ0n) is 12.9. The van der Waals surface area contributed by atoms with Gasteiger partial charge in [-0.1, -0.05) is 0 Å². The topological polar surface area (TPSA) is 42.0 Å². The number of carbonyl (C=O) groups is 1. The maximum Gasteiger partial charge on any atom is 0.164 e. The number of carbonyl (C=O) groups excluding carboxylic acids is 1. The lowest BCUT2D eigenvalue weighted by molar-refractivity contribution is 0.112. The van der Waals surface area contributed by atoms with Gasteiger partial charge in [0.2, 0.25) is 0 Å². The molecular weight excluding hydrogens is 506 g/mol. The first-order valence-electron chi connectivity index (χ1n) is 7.82. The van der Waals surface area contributed by atoms with E-state index in [1.807, 2.05) is 12.3 Å². The molecule has 2 bridgehead atoms. The van der Waals surface area contributed by atoms with Crippen LogP contribution in [0.25, 0.3) is 10.9 Å². The van der Waals surface area contributed by atoms with Crippen molar-refractivity contribution in [3.8, 4) is 0 Å². The Labute approximate surface area is 165 Å². The van der Waals surface area contributed by atoms with Gasteiger partial charge in [0.25, 0.3) is 0 Å². The van der Waals surface area contributed by atoms with Crippen LogP contribution in [0, 0.1) is 21.2 Å². The van der Waals surface area contributed by atoms with Crippen molar-refractivity contribution in [2.45, 2.75) is 30.3 Å². The molecule has 1 N–H and O–H groups in total. The Morgan fingerprint density at radius 1 is 1.46 bits per heavy atom. The number of halogens is 3. The van der Waals surface area contributed by atoms with Gasteiger partial charge in [-0.3, -0.25) is 4.79 Å². The molecule has 7 heteroatoms. The van der Waals surface area contributed by atoms with Crippen LogP contribution in [0.5, 0.6) is 0 Å². The molecule has 24 heavy (non-hydrogen) atoms. The van der Waals surface area contributed by atoms with E-state index in [0.29, 0.717) is 43.8 Å². The third-order valence-corrected chi connectivity index (χ3v) is 8.34. The third kappa shape index (κ3) is 2.49. The van der Waals surface area contributed by atoms with Crippen LogP contribution in [-0.4, -0.2) is 23.6 Å². The van der Waals surface area contributed by atoms with Crippen LogP contribution in [0.15, 0.2) is 15.6 Å². The monoisotopic (exact) mass is 520 g/mol. The number of aldehydes is 1. The number of nitrogens with zero attached hydrogens (tertiary/aromatic N) is 1. The zero-order chi connectivity index (χ0) is 17.0. The number of nitrogens with one attached hydrogen (secondary N) is 1. The van der Waals surface area contributed by atoms with Crippen molar-refractivity contribution in [2.75, 3.05) is 11.6 Å². The van der Waals surface area contributed by atoms with Gasteiger partial charge in [0.05, 0.1) is 15.7 Å². The number of hydrogen-bond acceptors (Lipinski definition) is 4. The van der Waals surface area contributed by atoms with Crippen molar-refractivity contribution < 1.29 is 9.18 Å². The summed E-state index contributed by atoms with van der Waals surface area (Å²) in [6.07, 6.45) is 6.46. The highest BCUT2D eigenvalue weighted by molar-refractivity contribution is 14.1. The Kier molecular flexibility index (Phi) is 4.53. The normalized spacial score (nSPS) is 24.9. The van der Waals surface area contributed by atoms with Crippen molar-refractivity contribution in [3.05, 3.63) is 25.5 Å². The van der Waals surface area contributed by atoms with Crippen LogP contribution in [-0.2, 0) is 0 Å². The highest BCUT2D eigenvalue weighted by Crippen LogP contribution is 2.51. The molecule has 3 atom stereocenters. The van der Waals surface area contributed by atoms with Crippen molar-refractivity contribution in [1.29, 1.82) is 0 Å². The van der Waals surface area contributed by atoms with E-state index in [0.717, 1.165) is 15.5 Å². The molecule has 5 rings (SSSR count). The Bertz CT molecular complexity index is 849. The van der Waals surface area contributed by atoms with E-state index in [1.54, 1.807) is 0 Å². The van der Waals surface area contributed by atoms with E-state index in [-0.39, 0.29) is 5.82 Å². The van der Waals surface area contributed by atoms with Crippen LogP contribution < -0.4 is 5.32 Å². The van der Waals surface area contributed by atoms with Gasteiger partial charge in [0.15, 0.2) is 12.1 Å².